The van der Waals surface area contributed by atoms with Gasteiger partial charge in [0.15, 0.2) is 0 Å². The van der Waals surface area contributed by atoms with E-state index in [1.54, 1.807) is 0 Å². The van der Waals surface area contributed by atoms with Crippen LogP contribution in [0.25, 0.3) is 0 Å². The number of morpholine rings is 1. The molecule has 16 heavy (non-hydrogen) atoms. The fraction of sp³-hybridized carbons (Fsp3) is 1.00. The first-order valence-corrected chi connectivity index (χ1v) is 6.47. The van der Waals surface area contributed by atoms with E-state index in [1.807, 2.05) is 0 Å². The van der Waals surface area contributed by atoms with Crippen molar-refractivity contribution < 1.29 is 4.74 Å². The summed E-state index contributed by atoms with van der Waals surface area (Å²) in [5.74, 6) is 0. The molecule has 1 rings (SSSR count). The minimum absolute atomic E-state index is 0.324. The zero-order valence-corrected chi connectivity index (χ0v) is 11.5. The van der Waals surface area contributed by atoms with Gasteiger partial charge in [-0.1, -0.05) is 20.8 Å². The molecule has 2 N–H and O–H groups in total. The topological polar surface area (TPSA) is 33.3 Å². The first kappa shape index (κ1) is 13.9. The lowest BCUT2D eigenvalue weighted by Gasteiger charge is -2.33. The molecule has 0 amide bonds. The van der Waals surface area contributed by atoms with Gasteiger partial charge in [-0.25, -0.2) is 0 Å². The molecule has 1 saturated heterocycles. The highest BCUT2D eigenvalue weighted by molar-refractivity contribution is 4.82. The molecule has 1 fully saturated rings. The zero-order valence-electron chi connectivity index (χ0n) is 11.5. The molecule has 3 nitrogen and oxygen atoms in total. The second-order valence-electron chi connectivity index (χ2n) is 6.12. The number of rotatable bonds is 4. The van der Waals surface area contributed by atoms with Gasteiger partial charge in [-0.15, -0.1) is 0 Å². The molecule has 0 aromatic carbocycles. The van der Waals surface area contributed by atoms with Crippen LogP contribution in [0.15, 0.2) is 0 Å². The van der Waals surface area contributed by atoms with Gasteiger partial charge in [0.2, 0.25) is 0 Å². The van der Waals surface area contributed by atoms with E-state index in [0.29, 0.717) is 23.5 Å². The smallest absolute Gasteiger partial charge is 0.0620 e. The Balaban J connectivity index is 2.26. The highest BCUT2D eigenvalue weighted by Gasteiger charge is 2.23. The summed E-state index contributed by atoms with van der Waals surface area (Å²) in [7, 11) is 0. The van der Waals surface area contributed by atoms with Gasteiger partial charge in [0, 0.05) is 24.7 Å². The summed E-state index contributed by atoms with van der Waals surface area (Å²) in [6.07, 6.45) is 1.14. The molecule has 96 valence electrons. The second-order valence-corrected chi connectivity index (χ2v) is 6.12. The van der Waals surface area contributed by atoms with E-state index < -0.39 is 0 Å². The fourth-order valence-electron chi connectivity index (χ4n) is 1.94. The van der Waals surface area contributed by atoms with Crippen molar-refractivity contribution in [3.8, 4) is 0 Å². The lowest BCUT2D eigenvalue weighted by Crippen LogP contribution is -2.48. The van der Waals surface area contributed by atoms with Crippen molar-refractivity contribution in [1.82, 2.24) is 10.6 Å². The third kappa shape index (κ3) is 4.81. The van der Waals surface area contributed by atoms with E-state index in [9.17, 15) is 0 Å². The van der Waals surface area contributed by atoms with Crippen LogP contribution >= 0.6 is 0 Å². The number of ether oxygens (including phenoxy) is 1. The van der Waals surface area contributed by atoms with Gasteiger partial charge in [-0.05, 0) is 25.7 Å². The average Bonchev–Trinajstić information content (AvgIpc) is 2.17. The van der Waals surface area contributed by atoms with Gasteiger partial charge < -0.3 is 15.4 Å². The van der Waals surface area contributed by atoms with E-state index in [0.717, 1.165) is 26.2 Å². The van der Waals surface area contributed by atoms with E-state index >= 15 is 0 Å². The van der Waals surface area contributed by atoms with Crippen LogP contribution in [0.2, 0.25) is 0 Å². The van der Waals surface area contributed by atoms with Crippen molar-refractivity contribution >= 4 is 0 Å². The molecule has 0 aromatic rings. The van der Waals surface area contributed by atoms with E-state index in [4.69, 9.17) is 4.74 Å². The zero-order chi connectivity index (χ0) is 12.2. The van der Waals surface area contributed by atoms with Crippen LogP contribution in [0, 0.1) is 5.41 Å². The summed E-state index contributed by atoms with van der Waals surface area (Å²) >= 11 is 0. The Morgan fingerprint density at radius 1 is 1.38 bits per heavy atom. The molecule has 1 aliphatic rings. The van der Waals surface area contributed by atoms with Gasteiger partial charge in [-0.2, -0.15) is 0 Å². The Morgan fingerprint density at radius 2 is 2.06 bits per heavy atom. The molecule has 3 heteroatoms. The SMILES string of the molecule is CC(CC1COCCN1)NC(C)C(C)(C)C. The molecule has 3 unspecified atom stereocenters. The Morgan fingerprint density at radius 3 is 2.56 bits per heavy atom. The minimum Gasteiger partial charge on any atom is -0.379 e. The first-order valence-electron chi connectivity index (χ1n) is 6.47. The minimum atomic E-state index is 0.324. The maximum Gasteiger partial charge on any atom is 0.0620 e. The Labute approximate surface area is 100 Å². The molecule has 0 spiro atoms. The molecule has 1 heterocycles. The van der Waals surface area contributed by atoms with E-state index in [1.165, 1.54) is 0 Å². The lowest BCUT2D eigenvalue weighted by atomic mass is 9.87. The average molecular weight is 228 g/mol. The summed E-state index contributed by atoms with van der Waals surface area (Å²) in [5.41, 5.74) is 0.324. The highest BCUT2D eigenvalue weighted by atomic mass is 16.5. The molecule has 0 bridgehead atoms. The maximum absolute atomic E-state index is 5.46. The summed E-state index contributed by atoms with van der Waals surface area (Å²) in [5, 5.41) is 7.17. The van der Waals surface area contributed by atoms with Crippen molar-refractivity contribution in [3.63, 3.8) is 0 Å². The first-order chi connectivity index (χ1) is 7.39. The predicted molar refractivity (Wildman–Crippen MR) is 68.7 cm³/mol. The normalized spacial score (nSPS) is 26.4. The summed E-state index contributed by atoms with van der Waals surface area (Å²) in [4.78, 5) is 0. The number of hydrogen-bond acceptors (Lipinski definition) is 3. The molecule has 0 radical (unpaired) electrons. The molecular formula is C13H28N2O. The maximum atomic E-state index is 5.46. The van der Waals surface area contributed by atoms with Gasteiger partial charge in [-0.3, -0.25) is 0 Å². The molecule has 0 aliphatic carbocycles. The van der Waals surface area contributed by atoms with Gasteiger partial charge in [0.05, 0.1) is 13.2 Å². The summed E-state index contributed by atoms with van der Waals surface area (Å²) in [6, 6.07) is 1.59. The van der Waals surface area contributed by atoms with Gasteiger partial charge in [0.1, 0.15) is 0 Å². The Bertz CT molecular complexity index is 195. The van der Waals surface area contributed by atoms with E-state index in [2.05, 4.69) is 45.3 Å². The van der Waals surface area contributed by atoms with Crippen LogP contribution in [0.1, 0.15) is 41.0 Å². The summed E-state index contributed by atoms with van der Waals surface area (Å²) in [6.45, 7) is 14.1. The van der Waals surface area contributed by atoms with Gasteiger partial charge >= 0.3 is 0 Å². The van der Waals surface area contributed by atoms with Crippen molar-refractivity contribution in [3.05, 3.63) is 0 Å². The third-order valence-electron chi connectivity index (χ3n) is 3.47. The monoisotopic (exact) mass is 228 g/mol. The van der Waals surface area contributed by atoms with Crippen LogP contribution in [0.5, 0.6) is 0 Å². The van der Waals surface area contributed by atoms with Crippen molar-refractivity contribution in [2.75, 3.05) is 19.8 Å². The molecule has 0 saturated carbocycles. The largest absolute Gasteiger partial charge is 0.379 e. The van der Waals surface area contributed by atoms with Crippen molar-refractivity contribution in [2.24, 2.45) is 5.41 Å². The standard InChI is InChI=1S/C13H28N2O/c1-10(15-11(2)13(3,4)5)8-12-9-16-7-6-14-12/h10-12,14-15H,6-9H2,1-5H3. The number of hydrogen-bond donors (Lipinski definition) is 2. The van der Waals surface area contributed by atoms with Crippen LogP contribution in [-0.2, 0) is 4.74 Å². The van der Waals surface area contributed by atoms with Crippen LogP contribution < -0.4 is 10.6 Å². The van der Waals surface area contributed by atoms with Gasteiger partial charge in [0.25, 0.3) is 0 Å². The van der Waals surface area contributed by atoms with E-state index in [-0.39, 0.29) is 0 Å². The third-order valence-corrected chi connectivity index (χ3v) is 3.47. The highest BCUT2D eigenvalue weighted by Crippen LogP contribution is 2.19. The quantitative estimate of drug-likeness (QED) is 0.769. The Kier molecular flexibility index (Phi) is 5.22. The lowest BCUT2D eigenvalue weighted by molar-refractivity contribution is 0.0700. The van der Waals surface area contributed by atoms with Crippen LogP contribution in [0.3, 0.4) is 0 Å². The van der Waals surface area contributed by atoms with Crippen LogP contribution in [-0.4, -0.2) is 37.9 Å². The molecule has 3 atom stereocenters. The van der Waals surface area contributed by atoms with Crippen molar-refractivity contribution in [2.45, 2.75) is 59.2 Å². The van der Waals surface area contributed by atoms with Crippen LogP contribution in [0.4, 0.5) is 0 Å². The Hall–Kier alpha value is -0.120. The predicted octanol–water partition coefficient (Wildman–Crippen LogP) is 1.78. The summed E-state index contributed by atoms with van der Waals surface area (Å²) < 4.78 is 5.46. The second kappa shape index (κ2) is 5.99. The number of nitrogens with one attached hydrogen (secondary N) is 2. The van der Waals surface area contributed by atoms with Crippen molar-refractivity contribution in [1.29, 1.82) is 0 Å². The fourth-order valence-corrected chi connectivity index (χ4v) is 1.94. The molecular weight excluding hydrogens is 200 g/mol. The molecule has 0 aromatic heterocycles. The molecule has 1 aliphatic heterocycles.